The summed E-state index contributed by atoms with van der Waals surface area (Å²) in [5.41, 5.74) is 10.2. The Kier molecular flexibility index (Phi) is 4.02. The van der Waals surface area contributed by atoms with E-state index in [-0.39, 0.29) is 6.42 Å². The molecule has 2 atom stereocenters. The van der Waals surface area contributed by atoms with E-state index >= 15 is 0 Å². The highest BCUT2D eigenvalue weighted by Crippen LogP contribution is 2.39. The van der Waals surface area contributed by atoms with Gasteiger partial charge in [0.05, 0.1) is 6.04 Å². The van der Waals surface area contributed by atoms with E-state index in [4.69, 9.17) is 21.3 Å². The van der Waals surface area contributed by atoms with Crippen molar-refractivity contribution in [2.24, 2.45) is 11.5 Å². The molecule has 0 spiro atoms. The van der Waals surface area contributed by atoms with E-state index in [1.807, 2.05) is 0 Å². The summed E-state index contributed by atoms with van der Waals surface area (Å²) in [6.45, 7) is 1.44. The summed E-state index contributed by atoms with van der Waals surface area (Å²) in [6.07, 6.45) is -0.387. The van der Waals surface area contributed by atoms with Gasteiger partial charge in [-0.3, -0.25) is 9.36 Å². The van der Waals surface area contributed by atoms with E-state index < -0.39 is 25.2 Å². The van der Waals surface area contributed by atoms with Gasteiger partial charge in [-0.05, 0) is 6.92 Å². The van der Waals surface area contributed by atoms with Gasteiger partial charge in [0.1, 0.15) is 5.78 Å². The fourth-order valence-electron chi connectivity index (χ4n) is 0.511. The first-order chi connectivity index (χ1) is 5.25. The fraction of sp³-hybridized carbons (Fsp3) is 0.800. The number of ketones is 1. The van der Waals surface area contributed by atoms with Crippen LogP contribution < -0.4 is 11.5 Å². The first kappa shape index (κ1) is 11.7. The number of Topliss-reactive ketones (excluding diaryl/α,β-unsaturated/α-hetero) is 1. The van der Waals surface area contributed by atoms with Crippen molar-refractivity contribution in [1.82, 2.24) is 0 Å². The molecule has 72 valence electrons. The molecule has 0 bridgehead atoms. The van der Waals surface area contributed by atoms with Crippen molar-refractivity contribution in [2.45, 2.75) is 25.2 Å². The molecule has 0 radical (unpaired) electrons. The Balaban J connectivity index is 4.11. The minimum absolute atomic E-state index is 0.387. The Bertz CT molecular complexity index is 211. The first-order valence-corrected chi connectivity index (χ1v) is 5.02. The van der Waals surface area contributed by atoms with E-state index in [9.17, 15) is 9.36 Å². The second-order valence-electron chi connectivity index (χ2n) is 2.62. The van der Waals surface area contributed by atoms with Gasteiger partial charge >= 0.3 is 7.60 Å². The average Bonchev–Trinajstić information content (AvgIpc) is 1.85. The zero-order chi connectivity index (χ0) is 9.94. The zero-order valence-corrected chi connectivity index (χ0v) is 7.57. The molecule has 0 amide bonds. The smallest absolute Gasteiger partial charge is 0.323 e. The van der Waals surface area contributed by atoms with Crippen LogP contribution in [0.25, 0.3) is 0 Å². The summed E-state index contributed by atoms with van der Waals surface area (Å²) >= 11 is 0. The van der Waals surface area contributed by atoms with E-state index in [0.717, 1.165) is 0 Å². The summed E-state index contributed by atoms with van der Waals surface area (Å²) < 4.78 is 10.5. The van der Waals surface area contributed by atoms with Gasteiger partial charge in [-0.2, -0.15) is 0 Å². The zero-order valence-electron chi connectivity index (χ0n) is 6.67. The monoisotopic (exact) mass is 196 g/mol. The predicted molar refractivity (Wildman–Crippen MR) is 43.3 cm³/mol. The Morgan fingerprint density at radius 3 is 2.17 bits per heavy atom. The maximum atomic E-state index is 10.9. The lowest BCUT2D eigenvalue weighted by Crippen LogP contribution is -2.33. The molecule has 0 aliphatic heterocycles. The van der Waals surface area contributed by atoms with Gasteiger partial charge < -0.3 is 21.3 Å². The molecule has 0 heterocycles. The van der Waals surface area contributed by atoms with Crippen LogP contribution in [0, 0.1) is 0 Å². The molecular formula is C5H13N2O4P. The number of carbonyl (C=O) groups is 1. The van der Waals surface area contributed by atoms with Crippen LogP contribution in [0.4, 0.5) is 0 Å². The fourth-order valence-corrected chi connectivity index (χ4v) is 0.929. The molecule has 0 saturated heterocycles. The van der Waals surface area contributed by atoms with Crippen molar-refractivity contribution in [2.75, 3.05) is 0 Å². The highest BCUT2D eigenvalue weighted by Gasteiger charge is 2.27. The third kappa shape index (κ3) is 3.94. The van der Waals surface area contributed by atoms with Gasteiger partial charge in [-0.15, -0.1) is 0 Å². The van der Waals surface area contributed by atoms with E-state index in [1.54, 1.807) is 0 Å². The molecule has 6 N–H and O–H groups in total. The van der Waals surface area contributed by atoms with Gasteiger partial charge in [-0.1, -0.05) is 0 Å². The molecule has 0 fully saturated rings. The van der Waals surface area contributed by atoms with Crippen LogP contribution in [0.3, 0.4) is 0 Å². The molecule has 2 unspecified atom stereocenters. The molecule has 0 aliphatic carbocycles. The lowest BCUT2D eigenvalue weighted by Gasteiger charge is -2.13. The molecule has 6 nitrogen and oxygen atoms in total. The topological polar surface area (TPSA) is 127 Å². The number of hydrogen-bond donors (Lipinski definition) is 4. The quantitative estimate of drug-likeness (QED) is 0.416. The summed E-state index contributed by atoms with van der Waals surface area (Å²) in [5.74, 6) is -1.89. The Morgan fingerprint density at radius 2 is 1.92 bits per heavy atom. The third-order valence-electron chi connectivity index (χ3n) is 1.35. The van der Waals surface area contributed by atoms with E-state index in [0.29, 0.717) is 0 Å². The lowest BCUT2D eigenvalue weighted by atomic mass is 10.2. The summed E-state index contributed by atoms with van der Waals surface area (Å²) in [4.78, 5) is 27.9. The van der Waals surface area contributed by atoms with Crippen LogP contribution >= 0.6 is 7.60 Å². The summed E-state index contributed by atoms with van der Waals surface area (Å²) in [6, 6.07) is -0.734. The normalized spacial score (nSPS) is 17.1. The van der Waals surface area contributed by atoms with Gasteiger partial charge in [0.2, 0.25) is 0 Å². The maximum absolute atomic E-state index is 10.9. The van der Waals surface area contributed by atoms with Crippen LogP contribution in [0.1, 0.15) is 13.3 Å². The Hall–Kier alpha value is -0.260. The third-order valence-corrected chi connectivity index (χ3v) is 2.40. The Morgan fingerprint density at radius 1 is 1.50 bits per heavy atom. The van der Waals surface area contributed by atoms with E-state index in [2.05, 4.69) is 0 Å². The van der Waals surface area contributed by atoms with Gasteiger partial charge in [0.25, 0.3) is 0 Å². The average molecular weight is 196 g/mol. The number of nitrogens with two attached hydrogens (primary N) is 2. The molecule has 0 rings (SSSR count). The summed E-state index contributed by atoms with van der Waals surface area (Å²) in [5, 5.41) is 0. The number of carbonyl (C=O) groups excluding carboxylic acids is 1. The molecule has 0 aromatic heterocycles. The molecule has 7 heteroatoms. The predicted octanol–water partition coefficient (Wildman–Crippen LogP) is -1.24. The summed E-state index contributed by atoms with van der Waals surface area (Å²) in [7, 11) is -4.35. The van der Waals surface area contributed by atoms with Crippen molar-refractivity contribution in [3.8, 4) is 0 Å². The largest absolute Gasteiger partial charge is 0.342 e. The Labute approximate surface area is 70.1 Å². The van der Waals surface area contributed by atoms with Gasteiger partial charge in [-0.25, -0.2) is 0 Å². The number of hydrogen-bond acceptors (Lipinski definition) is 4. The molecular weight excluding hydrogens is 183 g/mol. The molecule has 12 heavy (non-hydrogen) atoms. The highest BCUT2D eigenvalue weighted by molar-refractivity contribution is 7.52. The second kappa shape index (κ2) is 4.11. The van der Waals surface area contributed by atoms with Crippen LogP contribution in [0.2, 0.25) is 0 Å². The number of rotatable bonds is 4. The van der Waals surface area contributed by atoms with Gasteiger partial charge in [0, 0.05) is 6.42 Å². The van der Waals surface area contributed by atoms with Crippen LogP contribution in [0.15, 0.2) is 0 Å². The maximum Gasteiger partial charge on any atom is 0.342 e. The minimum Gasteiger partial charge on any atom is -0.323 e. The van der Waals surface area contributed by atoms with Crippen LogP contribution in [-0.2, 0) is 9.36 Å². The molecule has 0 saturated carbocycles. The van der Waals surface area contributed by atoms with Crippen molar-refractivity contribution in [3.05, 3.63) is 0 Å². The van der Waals surface area contributed by atoms with E-state index in [1.165, 1.54) is 6.92 Å². The lowest BCUT2D eigenvalue weighted by molar-refractivity contribution is -0.120. The molecule has 0 aliphatic rings. The second-order valence-corrected chi connectivity index (χ2v) is 4.46. The van der Waals surface area contributed by atoms with Crippen molar-refractivity contribution < 1.29 is 19.1 Å². The van der Waals surface area contributed by atoms with Gasteiger partial charge in [0.15, 0.2) is 5.78 Å². The molecule has 0 aromatic carbocycles. The minimum atomic E-state index is -4.35. The standard InChI is InChI=1S/C5H13N2O4P/c1-3(6)4(8)2-5(7)12(9,10)11/h3,5H,2,6-7H2,1H3,(H2,9,10,11). The van der Waals surface area contributed by atoms with Crippen LogP contribution in [0.5, 0.6) is 0 Å². The SMILES string of the molecule is CC(N)C(=O)CC(N)P(=O)(O)O. The van der Waals surface area contributed by atoms with Crippen molar-refractivity contribution in [3.63, 3.8) is 0 Å². The van der Waals surface area contributed by atoms with Crippen molar-refractivity contribution >= 4 is 13.4 Å². The van der Waals surface area contributed by atoms with Crippen LogP contribution in [-0.4, -0.2) is 27.4 Å². The highest BCUT2D eigenvalue weighted by atomic mass is 31.2. The first-order valence-electron chi connectivity index (χ1n) is 3.34. The van der Waals surface area contributed by atoms with Crippen molar-refractivity contribution in [1.29, 1.82) is 0 Å². The molecule has 0 aromatic rings.